The number of methoxy groups -OCH3 is 2. The van der Waals surface area contributed by atoms with Crippen molar-refractivity contribution in [3.8, 4) is 23.0 Å². The fraction of sp³-hybridized carbons (Fsp3) is 0.333. The van der Waals surface area contributed by atoms with Crippen LogP contribution >= 0.6 is 0 Å². The Morgan fingerprint density at radius 2 is 1.85 bits per heavy atom. The van der Waals surface area contributed by atoms with Crippen molar-refractivity contribution in [2.45, 2.75) is 25.1 Å². The highest BCUT2D eigenvalue weighted by atomic mass is 19.4. The van der Waals surface area contributed by atoms with E-state index < -0.39 is 18.1 Å². The van der Waals surface area contributed by atoms with E-state index in [4.69, 9.17) is 14.2 Å². The first-order valence-electron chi connectivity index (χ1n) is 8.00. The summed E-state index contributed by atoms with van der Waals surface area (Å²) in [7, 11) is 2.51. The van der Waals surface area contributed by atoms with Gasteiger partial charge < -0.3 is 18.9 Å². The minimum absolute atomic E-state index is 0.0114. The van der Waals surface area contributed by atoms with Crippen molar-refractivity contribution >= 4 is 5.97 Å². The van der Waals surface area contributed by atoms with Gasteiger partial charge in [-0.25, -0.2) is 4.79 Å². The molecule has 3 rings (SSSR count). The number of alkyl halides is 3. The smallest absolute Gasteiger partial charge is 0.493 e. The Kier molecular flexibility index (Phi) is 5.11. The summed E-state index contributed by atoms with van der Waals surface area (Å²) in [4.78, 5) is 16.2. The zero-order valence-electron chi connectivity index (χ0n) is 14.5. The summed E-state index contributed by atoms with van der Waals surface area (Å²) < 4.78 is 56.6. The van der Waals surface area contributed by atoms with E-state index >= 15 is 0 Å². The molecule has 1 aromatic heterocycles. The van der Waals surface area contributed by atoms with E-state index in [1.807, 2.05) is 0 Å². The maximum absolute atomic E-state index is 12.4. The predicted octanol–water partition coefficient (Wildman–Crippen LogP) is 4.45. The number of ether oxygens (including phenoxy) is 4. The fourth-order valence-corrected chi connectivity index (χ4v) is 2.45. The van der Waals surface area contributed by atoms with E-state index in [-0.39, 0.29) is 22.8 Å². The van der Waals surface area contributed by atoms with Crippen LogP contribution in [-0.2, 0) is 4.74 Å². The Morgan fingerprint density at radius 3 is 2.44 bits per heavy atom. The lowest BCUT2D eigenvalue weighted by molar-refractivity contribution is -0.274. The number of esters is 1. The van der Waals surface area contributed by atoms with Gasteiger partial charge >= 0.3 is 12.3 Å². The monoisotopic (exact) mass is 383 g/mol. The second-order valence-electron chi connectivity index (χ2n) is 5.83. The van der Waals surface area contributed by atoms with E-state index in [0.29, 0.717) is 5.92 Å². The Balaban J connectivity index is 1.93. The van der Waals surface area contributed by atoms with Crippen LogP contribution < -0.4 is 14.2 Å². The number of hydrogen-bond donors (Lipinski definition) is 0. The third-order valence-corrected chi connectivity index (χ3v) is 3.88. The third-order valence-electron chi connectivity index (χ3n) is 3.88. The quantitative estimate of drug-likeness (QED) is 0.687. The van der Waals surface area contributed by atoms with E-state index in [1.165, 1.54) is 26.5 Å². The zero-order chi connectivity index (χ0) is 19.6. The van der Waals surface area contributed by atoms with Gasteiger partial charge in [0.25, 0.3) is 0 Å². The largest absolute Gasteiger partial charge is 0.573 e. The first-order valence-corrected chi connectivity index (χ1v) is 8.00. The van der Waals surface area contributed by atoms with Crippen LogP contribution in [0.5, 0.6) is 23.0 Å². The van der Waals surface area contributed by atoms with Crippen LogP contribution in [-0.4, -0.2) is 31.5 Å². The van der Waals surface area contributed by atoms with Gasteiger partial charge in [0.15, 0.2) is 11.5 Å². The number of aromatic nitrogens is 1. The van der Waals surface area contributed by atoms with E-state index in [9.17, 15) is 18.0 Å². The van der Waals surface area contributed by atoms with Crippen LogP contribution in [0.15, 0.2) is 30.5 Å². The van der Waals surface area contributed by atoms with Gasteiger partial charge in [0.2, 0.25) is 0 Å². The second kappa shape index (κ2) is 7.34. The number of rotatable bonds is 6. The van der Waals surface area contributed by atoms with Crippen LogP contribution in [0.1, 0.15) is 34.8 Å². The molecule has 1 fully saturated rings. The molecule has 0 saturated heterocycles. The van der Waals surface area contributed by atoms with Gasteiger partial charge in [-0.2, -0.15) is 0 Å². The van der Waals surface area contributed by atoms with Crippen molar-refractivity contribution in [1.82, 2.24) is 4.98 Å². The Morgan fingerprint density at radius 1 is 1.11 bits per heavy atom. The summed E-state index contributed by atoms with van der Waals surface area (Å²) in [5.41, 5.74) is 0.869. The molecule has 0 amide bonds. The van der Waals surface area contributed by atoms with E-state index in [1.54, 1.807) is 6.07 Å². The van der Waals surface area contributed by atoms with Crippen LogP contribution in [0.3, 0.4) is 0 Å². The molecule has 1 aliphatic carbocycles. The van der Waals surface area contributed by atoms with Gasteiger partial charge in [0.1, 0.15) is 17.1 Å². The van der Waals surface area contributed by atoms with Gasteiger partial charge in [-0.05, 0) is 25.0 Å². The first-order chi connectivity index (χ1) is 12.8. The highest BCUT2D eigenvalue weighted by molar-refractivity contribution is 5.92. The van der Waals surface area contributed by atoms with Crippen LogP contribution in [0.2, 0.25) is 0 Å². The molecule has 0 bridgehead atoms. The molecule has 0 spiro atoms. The lowest BCUT2D eigenvalue weighted by Crippen LogP contribution is -2.17. The van der Waals surface area contributed by atoms with Crippen molar-refractivity contribution in [3.63, 3.8) is 0 Å². The molecule has 1 heterocycles. The summed E-state index contributed by atoms with van der Waals surface area (Å²) >= 11 is 0. The van der Waals surface area contributed by atoms with Crippen molar-refractivity contribution in [3.05, 3.63) is 41.7 Å². The van der Waals surface area contributed by atoms with Gasteiger partial charge in [0, 0.05) is 29.9 Å². The van der Waals surface area contributed by atoms with Gasteiger partial charge in [-0.15, -0.1) is 13.2 Å². The highest BCUT2D eigenvalue weighted by Gasteiger charge is 2.32. The molecular formula is C18H16F3NO5. The number of carbonyl (C=O) groups excluding carboxylic acids is 1. The summed E-state index contributed by atoms with van der Waals surface area (Å²) in [5.74, 6) is -0.475. The van der Waals surface area contributed by atoms with E-state index in [2.05, 4.69) is 9.72 Å². The Labute approximate surface area is 152 Å². The number of hydrogen-bond acceptors (Lipinski definition) is 6. The molecule has 0 N–H and O–H groups in total. The van der Waals surface area contributed by atoms with Gasteiger partial charge in [-0.1, -0.05) is 0 Å². The molecule has 0 radical (unpaired) electrons. The highest BCUT2D eigenvalue weighted by Crippen LogP contribution is 2.42. The molecule has 0 aliphatic heterocycles. The molecule has 0 unspecified atom stereocenters. The molecule has 0 atom stereocenters. The minimum atomic E-state index is -4.82. The predicted molar refractivity (Wildman–Crippen MR) is 87.3 cm³/mol. The zero-order valence-corrected chi connectivity index (χ0v) is 14.5. The van der Waals surface area contributed by atoms with Crippen LogP contribution in [0.25, 0.3) is 0 Å². The SMILES string of the molecule is COC(=O)c1cnc(C2CC2)cc1Oc1ccc(OC(F)(F)F)cc1OC. The molecule has 9 heteroatoms. The summed E-state index contributed by atoms with van der Waals surface area (Å²) in [6.45, 7) is 0. The maximum Gasteiger partial charge on any atom is 0.573 e. The number of carbonyl (C=O) groups is 1. The van der Waals surface area contributed by atoms with Crippen LogP contribution in [0, 0.1) is 0 Å². The molecule has 6 nitrogen and oxygen atoms in total. The van der Waals surface area contributed by atoms with Crippen molar-refractivity contribution in [1.29, 1.82) is 0 Å². The average Bonchev–Trinajstić information content (AvgIpc) is 3.46. The maximum atomic E-state index is 12.4. The second-order valence-corrected chi connectivity index (χ2v) is 5.83. The molecule has 1 saturated carbocycles. The molecule has 2 aromatic rings. The van der Waals surface area contributed by atoms with Crippen LogP contribution in [0.4, 0.5) is 13.2 Å². The van der Waals surface area contributed by atoms with Gasteiger partial charge in [-0.3, -0.25) is 4.98 Å². The number of benzene rings is 1. The van der Waals surface area contributed by atoms with Crippen molar-refractivity contribution < 1.29 is 36.9 Å². The number of halogens is 3. The lowest BCUT2D eigenvalue weighted by Gasteiger charge is -2.15. The van der Waals surface area contributed by atoms with E-state index in [0.717, 1.165) is 30.7 Å². The molecule has 1 aromatic carbocycles. The topological polar surface area (TPSA) is 66.9 Å². The first kappa shape index (κ1) is 18.8. The van der Waals surface area contributed by atoms with Gasteiger partial charge in [0.05, 0.1) is 14.2 Å². The summed E-state index contributed by atoms with van der Waals surface area (Å²) in [6.07, 6.45) is -1.47. The number of pyridine rings is 1. The molecular weight excluding hydrogens is 367 g/mol. The molecule has 27 heavy (non-hydrogen) atoms. The summed E-state index contributed by atoms with van der Waals surface area (Å²) in [5, 5.41) is 0. The molecule has 1 aliphatic rings. The Bertz CT molecular complexity index is 849. The molecule has 144 valence electrons. The fourth-order valence-electron chi connectivity index (χ4n) is 2.45. The third kappa shape index (κ3) is 4.60. The normalized spacial score (nSPS) is 13.8. The Hall–Kier alpha value is -2.97. The number of nitrogens with zero attached hydrogens (tertiary/aromatic N) is 1. The van der Waals surface area contributed by atoms with Crippen molar-refractivity contribution in [2.75, 3.05) is 14.2 Å². The average molecular weight is 383 g/mol. The van der Waals surface area contributed by atoms with Crippen molar-refractivity contribution in [2.24, 2.45) is 0 Å². The minimum Gasteiger partial charge on any atom is -0.493 e. The standard InChI is InChI=1S/C18H16F3NO5/c1-24-16-7-11(27-18(19,20)21)5-6-14(16)26-15-8-13(10-3-4-10)22-9-12(15)17(23)25-2/h5-10H,3-4H2,1-2H3. The summed E-state index contributed by atoms with van der Waals surface area (Å²) in [6, 6.07) is 5.03. The lowest BCUT2D eigenvalue weighted by atomic mass is 10.2.